The lowest BCUT2D eigenvalue weighted by atomic mass is 9.67. The average molecular weight is 715 g/mol. The van der Waals surface area contributed by atoms with E-state index >= 15 is 0 Å². The maximum absolute atomic E-state index is 13.1. The minimum atomic E-state index is -0.613. The second kappa shape index (κ2) is 13.3. The Morgan fingerprint density at radius 3 is 1.24 bits per heavy atom. The molecular weight excluding hydrogens is 677 g/mol. The average Bonchev–Trinajstić information content (AvgIpc) is 3.50. The first-order valence-electron chi connectivity index (χ1n) is 18.6. The number of fused-ring (bicyclic) bond motifs is 5. The van der Waals surface area contributed by atoms with Crippen molar-refractivity contribution in [3.05, 3.63) is 213 Å². The van der Waals surface area contributed by atoms with Gasteiger partial charge in [0.25, 0.3) is 0 Å². The number of hydrogen-bond donors (Lipinski definition) is 0. The van der Waals surface area contributed by atoms with Crippen molar-refractivity contribution < 1.29 is 19.1 Å². The van der Waals surface area contributed by atoms with E-state index in [9.17, 15) is 9.59 Å². The van der Waals surface area contributed by atoms with E-state index in [0.29, 0.717) is 22.6 Å². The first-order valence-corrected chi connectivity index (χ1v) is 18.6. The molecule has 1 aliphatic carbocycles. The molecule has 0 N–H and O–H groups in total. The van der Waals surface area contributed by atoms with Crippen LogP contribution >= 0.6 is 0 Å². The lowest BCUT2D eigenvalue weighted by molar-refractivity contribution is 0.0725. The summed E-state index contributed by atoms with van der Waals surface area (Å²) in [5.74, 6) is 0.256. The lowest BCUT2D eigenvalue weighted by Gasteiger charge is -2.34. The monoisotopic (exact) mass is 714 g/mol. The zero-order valence-electron chi connectivity index (χ0n) is 31.1. The van der Waals surface area contributed by atoms with Crippen LogP contribution in [0.1, 0.15) is 65.2 Å². The van der Waals surface area contributed by atoms with Crippen LogP contribution in [-0.2, 0) is 5.41 Å². The highest BCUT2D eigenvalue weighted by Gasteiger charge is 2.46. The van der Waals surface area contributed by atoms with Crippen molar-refractivity contribution in [2.75, 3.05) is 0 Å². The fourth-order valence-corrected chi connectivity index (χ4v) is 8.13. The van der Waals surface area contributed by atoms with E-state index < -0.39 is 5.41 Å². The first kappa shape index (κ1) is 34.0. The van der Waals surface area contributed by atoms with Crippen molar-refractivity contribution in [1.82, 2.24) is 0 Å². The number of carbonyl (C=O) groups is 2. The smallest absolute Gasteiger partial charge is 0.343 e. The predicted octanol–water partition coefficient (Wildman–Crippen LogP) is 12.0. The van der Waals surface area contributed by atoms with Gasteiger partial charge in [0, 0.05) is 0 Å². The Kier molecular flexibility index (Phi) is 8.20. The molecule has 266 valence electrons. The van der Waals surface area contributed by atoms with Gasteiger partial charge < -0.3 is 9.47 Å². The van der Waals surface area contributed by atoms with Crippen LogP contribution in [0, 0.1) is 27.7 Å². The van der Waals surface area contributed by atoms with Gasteiger partial charge in [-0.15, -0.1) is 0 Å². The predicted molar refractivity (Wildman–Crippen MR) is 221 cm³/mol. The molecule has 0 saturated carbocycles. The van der Waals surface area contributed by atoms with Gasteiger partial charge in [0.1, 0.15) is 11.5 Å². The van der Waals surface area contributed by atoms with Crippen molar-refractivity contribution in [3.8, 4) is 22.6 Å². The van der Waals surface area contributed by atoms with E-state index in [-0.39, 0.29) is 11.9 Å². The molecule has 1 aliphatic rings. The van der Waals surface area contributed by atoms with Gasteiger partial charge in [-0.3, -0.25) is 0 Å². The number of hydrogen-bond acceptors (Lipinski definition) is 4. The Morgan fingerprint density at radius 2 is 0.800 bits per heavy atom. The Hall–Kier alpha value is -6.78. The molecule has 8 aromatic carbocycles. The molecule has 4 nitrogen and oxygen atoms in total. The first-order chi connectivity index (χ1) is 26.7. The summed E-state index contributed by atoms with van der Waals surface area (Å²) in [6.45, 7) is 8.04. The summed E-state index contributed by atoms with van der Waals surface area (Å²) in [5.41, 5.74) is 11.9. The molecule has 0 aliphatic heterocycles. The zero-order valence-corrected chi connectivity index (χ0v) is 31.1. The van der Waals surface area contributed by atoms with Crippen LogP contribution in [0.25, 0.3) is 32.7 Å². The van der Waals surface area contributed by atoms with Crippen LogP contribution in [0.3, 0.4) is 0 Å². The van der Waals surface area contributed by atoms with Crippen molar-refractivity contribution in [3.63, 3.8) is 0 Å². The van der Waals surface area contributed by atoms with Crippen molar-refractivity contribution >= 4 is 33.5 Å². The van der Waals surface area contributed by atoms with Crippen LogP contribution in [0.2, 0.25) is 0 Å². The highest BCUT2D eigenvalue weighted by atomic mass is 16.5. The van der Waals surface area contributed by atoms with Gasteiger partial charge in [-0.1, -0.05) is 97.1 Å². The van der Waals surface area contributed by atoms with Crippen LogP contribution in [-0.4, -0.2) is 11.9 Å². The van der Waals surface area contributed by atoms with Crippen molar-refractivity contribution in [2.45, 2.75) is 33.1 Å². The van der Waals surface area contributed by atoms with Gasteiger partial charge in [0.15, 0.2) is 0 Å². The summed E-state index contributed by atoms with van der Waals surface area (Å²) < 4.78 is 11.7. The molecule has 0 fully saturated rings. The Labute approximate surface area is 320 Å². The van der Waals surface area contributed by atoms with Gasteiger partial charge >= 0.3 is 11.9 Å². The second-order valence-electron chi connectivity index (χ2n) is 14.7. The molecule has 4 heteroatoms. The lowest BCUT2D eigenvalue weighted by Crippen LogP contribution is -2.28. The van der Waals surface area contributed by atoms with Crippen molar-refractivity contribution in [2.24, 2.45) is 0 Å². The summed E-state index contributed by atoms with van der Waals surface area (Å²) in [6.07, 6.45) is 0. The Bertz CT molecular complexity index is 2670. The van der Waals surface area contributed by atoms with E-state index in [0.717, 1.165) is 54.9 Å². The zero-order chi connectivity index (χ0) is 37.8. The van der Waals surface area contributed by atoms with Crippen molar-refractivity contribution in [1.29, 1.82) is 0 Å². The molecule has 0 atom stereocenters. The van der Waals surface area contributed by atoms with E-state index in [1.165, 1.54) is 22.3 Å². The molecule has 0 radical (unpaired) electrons. The normalized spacial score (nSPS) is 12.7. The summed E-state index contributed by atoms with van der Waals surface area (Å²) >= 11 is 0. The van der Waals surface area contributed by atoms with Crippen LogP contribution < -0.4 is 9.47 Å². The molecule has 0 heterocycles. The number of rotatable bonds is 6. The Balaban J connectivity index is 1.12. The minimum absolute atomic E-state index is 0.375. The molecule has 0 aromatic heterocycles. The minimum Gasteiger partial charge on any atom is -0.423 e. The van der Waals surface area contributed by atoms with E-state index in [4.69, 9.17) is 9.47 Å². The summed E-state index contributed by atoms with van der Waals surface area (Å²) in [6, 6.07) is 53.5. The van der Waals surface area contributed by atoms with Crippen LogP contribution in [0.4, 0.5) is 0 Å². The topological polar surface area (TPSA) is 52.6 Å². The molecule has 0 spiro atoms. The van der Waals surface area contributed by atoms with Gasteiger partial charge in [-0.05, 0) is 166 Å². The molecule has 0 amide bonds. The van der Waals surface area contributed by atoms with Gasteiger partial charge in [-0.25, -0.2) is 9.59 Å². The van der Waals surface area contributed by atoms with E-state index in [2.05, 4.69) is 84.9 Å². The van der Waals surface area contributed by atoms with Gasteiger partial charge in [-0.2, -0.15) is 0 Å². The third-order valence-corrected chi connectivity index (χ3v) is 11.3. The maximum atomic E-state index is 13.1. The number of benzene rings is 8. The molecule has 0 saturated heterocycles. The highest BCUT2D eigenvalue weighted by molar-refractivity contribution is 5.95. The van der Waals surface area contributed by atoms with Gasteiger partial charge in [0.2, 0.25) is 0 Å². The fourth-order valence-electron chi connectivity index (χ4n) is 8.13. The summed E-state index contributed by atoms with van der Waals surface area (Å²) in [5, 5.41) is 4.04. The molecule has 8 aromatic rings. The quantitative estimate of drug-likeness (QED) is 0.127. The number of esters is 2. The fraction of sp³-hybridized carbons (Fsp3) is 0.0980. The number of ether oxygens (including phenoxy) is 2. The molecular formula is C51H38O4. The van der Waals surface area contributed by atoms with E-state index in [1.807, 2.05) is 100 Å². The second-order valence-corrected chi connectivity index (χ2v) is 14.7. The van der Waals surface area contributed by atoms with Crippen LogP contribution in [0.5, 0.6) is 11.5 Å². The number of aryl methyl sites for hydroxylation is 4. The highest BCUT2D eigenvalue weighted by Crippen LogP contribution is 2.56. The standard InChI is InChI=1S/C51H38O4/c1-31-13-15-39(25-33(31)3)49(52)54-43-23-19-35-27-41(21-17-37(35)29-43)51(47-11-7-5-9-45(47)46-10-6-8-12-48(46)51)42-22-18-38-30-44(24-20-36(38)28-42)55-50(53)40-16-14-32(2)34(4)26-40/h5-30H,1-4H3. The molecule has 0 unspecified atom stereocenters. The third kappa shape index (κ3) is 5.78. The summed E-state index contributed by atoms with van der Waals surface area (Å²) in [7, 11) is 0. The molecule has 55 heavy (non-hydrogen) atoms. The maximum Gasteiger partial charge on any atom is 0.343 e. The SMILES string of the molecule is Cc1ccc(C(=O)Oc2ccc3cc(C4(c5ccc6cc(OC(=O)c7ccc(C)c(C)c7)ccc6c5)c5ccccc5-c5ccccc54)ccc3c2)cc1C. The Morgan fingerprint density at radius 1 is 0.400 bits per heavy atom. The summed E-state index contributed by atoms with van der Waals surface area (Å²) in [4.78, 5) is 26.1. The van der Waals surface area contributed by atoms with E-state index in [1.54, 1.807) is 0 Å². The third-order valence-electron chi connectivity index (χ3n) is 11.3. The number of carbonyl (C=O) groups excluding carboxylic acids is 2. The largest absolute Gasteiger partial charge is 0.423 e. The van der Waals surface area contributed by atoms with Gasteiger partial charge in [0.05, 0.1) is 16.5 Å². The molecule has 9 rings (SSSR count). The van der Waals surface area contributed by atoms with Crippen LogP contribution in [0.15, 0.2) is 158 Å². The molecule has 0 bridgehead atoms.